The maximum Gasteiger partial charge on any atom is 0.257 e. The van der Waals surface area contributed by atoms with Crippen molar-refractivity contribution in [3.8, 4) is 0 Å². The van der Waals surface area contributed by atoms with Gasteiger partial charge in [-0.15, -0.1) is 0 Å². The number of nitrogens with zero attached hydrogens (tertiary/aromatic N) is 1. The SMILES string of the molecule is CCCCCC=CCC=CCCCCCCCCOC(CN1C(=O)C2=CC=CCC2C1=O)OCC. The lowest BCUT2D eigenvalue weighted by Gasteiger charge is -2.23. The Balaban J connectivity index is 1.49. The monoisotopic (exact) mass is 485 g/mol. The molecule has 2 rings (SSSR count). The lowest BCUT2D eigenvalue weighted by atomic mass is 9.94. The Morgan fingerprint density at radius 1 is 0.914 bits per heavy atom. The van der Waals surface area contributed by atoms with Crippen molar-refractivity contribution >= 4 is 11.8 Å². The second-order valence-electron chi connectivity index (χ2n) is 9.43. The second-order valence-corrected chi connectivity index (χ2v) is 9.43. The lowest BCUT2D eigenvalue weighted by Crippen LogP contribution is -2.40. The van der Waals surface area contributed by atoms with Crippen molar-refractivity contribution in [3.05, 3.63) is 48.1 Å². The Morgan fingerprint density at radius 2 is 1.60 bits per heavy atom. The summed E-state index contributed by atoms with van der Waals surface area (Å²) in [5, 5.41) is 0. The number of rotatable bonds is 20. The Bertz CT molecular complexity index is 737. The van der Waals surface area contributed by atoms with Gasteiger partial charge in [-0.2, -0.15) is 0 Å². The smallest absolute Gasteiger partial charge is 0.257 e. The van der Waals surface area contributed by atoms with Gasteiger partial charge in [0.05, 0.1) is 12.5 Å². The number of allylic oxidation sites excluding steroid dienone is 7. The summed E-state index contributed by atoms with van der Waals surface area (Å²) in [5.41, 5.74) is 0.595. The average molecular weight is 486 g/mol. The molecule has 0 spiro atoms. The van der Waals surface area contributed by atoms with Crippen LogP contribution in [-0.2, 0) is 19.1 Å². The molecule has 1 aliphatic heterocycles. The van der Waals surface area contributed by atoms with E-state index in [-0.39, 0.29) is 24.3 Å². The molecule has 0 bridgehead atoms. The molecule has 0 N–H and O–H groups in total. The van der Waals surface area contributed by atoms with Crippen LogP contribution in [0.5, 0.6) is 0 Å². The first-order valence-corrected chi connectivity index (χ1v) is 13.9. The van der Waals surface area contributed by atoms with Gasteiger partial charge >= 0.3 is 0 Å². The molecule has 35 heavy (non-hydrogen) atoms. The molecule has 2 atom stereocenters. The molecule has 0 radical (unpaired) electrons. The summed E-state index contributed by atoms with van der Waals surface area (Å²) in [6.45, 7) is 5.38. The van der Waals surface area contributed by atoms with Crippen molar-refractivity contribution in [2.75, 3.05) is 19.8 Å². The predicted molar refractivity (Wildman–Crippen MR) is 143 cm³/mol. The van der Waals surface area contributed by atoms with E-state index in [9.17, 15) is 9.59 Å². The molecule has 0 saturated carbocycles. The zero-order valence-corrected chi connectivity index (χ0v) is 22.1. The van der Waals surface area contributed by atoms with Crippen LogP contribution < -0.4 is 0 Å². The summed E-state index contributed by atoms with van der Waals surface area (Å²) in [4.78, 5) is 26.6. The Hall–Kier alpha value is -1.98. The van der Waals surface area contributed by atoms with Crippen molar-refractivity contribution in [3.63, 3.8) is 0 Å². The molecular formula is C30H47NO4. The third-order valence-electron chi connectivity index (χ3n) is 6.55. The van der Waals surface area contributed by atoms with Crippen LogP contribution in [0.15, 0.2) is 48.1 Å². The van der Waals surface area contributed by atoms with Gasteiger partial charge in [-0.3, -0.25) is 14.5 Å². The van der Waals surface area contributed by atoms with Crippen LogP contribution in [0.1, 0.15) is 97.3 Å². The Labute approximate surface area is 213 Å². The molecule has 2 aliphatic rings. The third-order valence-corrected chi connectivity index (χ3v) is 6.55. The number of amides is 2. The number of hydrogen-bond donors (Lipinski definition) is 0. The summed E-state index contributed by atoms with van der Waals surface area (Å²) >= 11 is 0. The molecule has 1 heterocycles. The minimum atomic E-state index is -0.556. The van der Waals surface area contributed by atoms with E-state index in [0.29, 0.717) is 25.2 Å². The summed E-state index contributed by atoms with van der Waals surface area (Å²) in [6, 6.07) is 0. The van der Waals surface area contributed by atoms with Crippen LogP contribution in [0, 0.1) is 5.92 Å². The minimum absolute atomic E-state index is 0.132. The summed E-state index contributed by atoms with van der Waals surface area (Å²) in [7, 11) is 0. The molecule has 1 fully saturated rings. The summed E-state index contributed by atoms with van der Waals surface area (Å²) < 4.78 is 11.6. The predicted octanol–water partition coefficient (Wildman–Crippen LogP) is 7.05. The first-order chi connectivity index (χ1) is 17.2. The van der Waals surface area contributed by atoms with E-state index >= 15 is 0 Å². The molecule has 196 valence electrons. The number of likely N-dealkylation sites (tertiary alicyclic amines) is 1. The fourth-order valence-electron chi connectivity index (χ4n) is 4.49. The fraction of sp³-hybridized carbons (Fsp3) is 0.667. The van der Waals surface area contributed by atoms with Crippen molar-refractivity contribution in [1.82, 2.24) is 4.90 Å². The number of imide groups is 1. The summed E-state index contributed by atoms with van der Waals surface area (Å²) in [5.74, 6) is -0.665. The van der Waals surface area contributed by atoms with Gasteiger partial charge in [-0.1, -0.05) is 88.0 Å². The number of carbonyl (C=O) groups excluding carboxylic acids is 2. The van der Waals surface area contributed by atoms with Gasteiger partial charge in [0.1, 0.15) is 0 Å². The van der Waals surface area contributed by atoms with Crippen molar-refractivity contribution in [2.24, 2.45) is 5.92 Å². The standard InChI is InChI=1S/C30H47NO4/c1-3-5-6-7-8-9-10-11-12-13-14-15-16-17-18-21-24-35-28(34-4-2)25-31-29(32)26-22-19-20-23-27(26)30(31)33/h8-9,11-12,19-20,22,27-28H,3-7,10,13-18,21,23-25H2,1-2H3. The van der Waals surface area contributed by atoms with Gasteiger partial charge in [0.25, 0.3) is 5.91 Å². The molecule has 0 aromatic heterocycles. The number of fused-ring (bicyclic) bond motifs is 1. The maximum atomic E-state index is 12.6. The van der Waals surface area contributed by atoms with Crippen LogP contribution >= 0.6 is 0 Å². The van der Waals surface area contributed by atoms with E-state index in [2.05, 4.69) is 31.2 Å². The van der Waals surface area contributed by atoms with Gasteiger partial charge in [-0.05, 0) is 51.9 Å². The molecule has 5 nitrogen and oxygen atoms in total. The van der Waals surface area contributed by atoms with Crippen LogP contribution in [0.2, 0.25) is 0 Å². The van der Waals surface area contributed by atoms with E-state index in [4.69, 9.17) is 9.47 Å². The number of ether oxygens (including phenoxy) is 2. The normalized spacial score (nSPS) is 18.7. The third kappa shape index (κ3) is 11.1. The van der Waals surface area contributed by atoms with Crippen LogP contribution in [0.25, 0.3) is 0 Å². The highest BCUT2D eigenvalue weighted by Gasteiger charge is 2.43. The highest BCUT2D eigenvalue weighted by molar-refractivity contribution is 6.15. The lowest BCUT2D eigenvalue weighted by molar-refractivity contribution is -0.164. The van der Waals surface area contributed by atoms with Gasteiger partial charge in [0.2, 0.25) is 5.91 Å². The van der Waals surface area contributed by atoms with Gasteiger partial charge in [0.15, 0.2) is 6.29 Å². The highest BCUT2D eigenvalue weighted by Crippen LogP contribution is 2.31. The number of hydrogen-bond acceptors (Lipinski definition) is 4. The van der Waals surface area contributed by atoms with E-state index < -0.39 is 6.29 Å². The minimum Gasteiger partial charge on any atom is -0.351 e. The molecule has 2 amide bonds. The highest BCUT2D eigenvalue weighted by atomic mass is 16.7. The fourth-order valence-corrected chi connectivity index (χ4v) is 4.49. The zero-order valence-electron chi connectivity index (χ0n) is 22.1. The molecule has 1 saturated heterocycles. The maximum absolute atomic E-state index is 12.6. The molecular weight excluding hydrogens is 438 g/mol. The van der Waals surface area contributed by atoms with E-state index in [0.717, 1.165) is 19.3 Å². The topological polar surface area (TPSA) is 55.8 Å². The Kier molecular flexibility index (Phi) is 15.3. The second kappa shape index (κ2) is 18.3. The quantitative estimate of drug-likeness (QED) is 0.0802. The first-order valence-electron chi connectivity index (χ1n) is 13.9. The van der Waals surface area contributed by atoms with Gasteiger partial charge < -0.3 is 9.47 Å². The first kappa shape index (κ1) is 29.3. The van der Waals surface area contributed by atoms with Crippen LogP contribution in [0.3, 0.4) is 0 Å². The zero-order chi connectivity index (χ0) is 25.1. The molecule has 5 heteroatoms. The van der Waals surface area contributed by atoms with Crippen molar-refractivity contribution in [2.45, 2.75) is 104 Å². The van der Waals surface area contributed by atoms with Gasteiger partial charge in [0, 0.05) is 18.8 Å². The van der Waals surface area contributed by atoms with Crippen molar-refractivity contribution in [1.29, 1.82) is 0 Å². The Morgan fingerprint density at radius 3 is 2.29 bits per heavy atom. The van der Waals surface area contributed by atoms with Gasteiger partial charge in [-0.25, -0.2) is 0 Å². The average Bonchev–Trinajstić information content (AvgIpc) is 3.11. The molecule has 0 aromatic carbocycles. The number of unbranched alkanes of at least 4 members (excludes halogenated alkanes) is 9. The van der Waals surface area contributed by atoms with Crippen molar-refractivity contribution < 1.29 is 19.1 Å². The van der Waals surface area contributed by atoms with E-state index in [1.807, 2.05) is 19.1 Å². The van der Waals surface area contributed by atoms with E-state index in [1.165, 1.54) is 62.7 Å². The number of carbonyl (C=O) groups is 2. The molecule has 1 aliphatic carbocycles. The molecule has 2 unspecified atom stereocenters. The summed E-state index contributed by atoms with van der Waals surface area (Å²) in [6.07, 6.45) is 29.2. The largest absolute Gasteiger partial charge is 0.351 e. The van der Waals surface area contributed by atoms with Crippen LogP contribution in [-0.4, -0.2) is 42.8 Å². The van der Waals surface area contributed by atoms with E-state index in [1.54, 1.807) is 6.08 Å². The molecule has 0 aromatic rings. The van der Waals surface area contributed by atoms with Crippen LogP contribution in [0.4, 0.5) is 0 Å².